The Morgan fingerprint density at radius 2 is 1.55 bits per heavy atom. The molecule has 0 bridgehead atoms. The molecule has 31 heavy (non-hydrogen) atoms. The SMILES string of the molecule is CC(=O)Nc1ccc(NC(=O)/C=C/c2ccc(CNS(=O)(=O)c3ccccc3)o2)cc1. The molecule has 0 fully saturated rings. The second-order valence-corrected chi connectivity index (χ2v) is 8.29. The van der Waals surface area contributed by atoms with Crippen LogP contribution in [0.1, 0.15) is 18.4 Å². The van der Waals surface area contributed by atoms with E-state index in [1.54, 1.807) is 54.6 Å². The Hall–Kier alpha value is -3.69. The summed E-state index contributed by atoms with van der Waals surface area (Å²) in [7, 11) is -3.63. The zero-order chi connectivity index (χ0) is 22.3. The first kappa shape index (κ1) is 22.0. The van der Waals surface area contributed by atoms with Crippen molar-refractivity contribution in [2.45, 2.75) is 18.4 Å². The Morgan fingerprint density at radius 1 is 0.903 bits per heavy atom. The Bertz CT molecular complexity index is 1180. The third-order valence-corrected chi connectivity index (χ3v) is 5.46. The fourth-order valence-corrected chi connectivity index (χ4v) is 3.62. The minimum Gasteiger partial charge on any atom is -0.460 e. The lowest BCUT2D eigenvalue weighted by molar-refractivity contribution is -0.114. The van der Waals surface area contributed by atoms with Crippen LogP contribution in [0.5, 0.6) is 0 Å². The van der Waals surface area contributed by atoms with Crippen molar-refractivity contribution in [2.75, 3.05) is 10.6 Å². The van der Waals surface area contributed by atoms with Crippen molar-refractivity contribution in [3.63, 3.8) is 0 Å². The number of amides is 2. The van der Waals surface area contributed by atoms with Gasteiger partial charge >= 0.3 is 0 Å². The predicted octanol–water partition coefficient (Wildman–Crippen LogP) is 3.37. The van der Waals surface area contributed by atoms with Crippen molar-refractivity contribution < 1.29 is 22.4 Å². The van der Waals surface area contributed by atoms with Gasteiger partial charge < -0.3 is 15.1 Å². The number of carbonyl (C=O) groups excluding carboxylic acids is 2. The highest BCUT2D eigenvalue weighted by Crippen LogP contribution is 2.15. The maximum absolute atomic E-state index is 12.2. The molecule has 2 aromatic carbocycles. The van der Waals surface area contributed by atoms with E-state index >= 15 is 0 Å². The van der Waals surface area contributed by atoms with Gasteiger partial charge in [-0.15, -0.1) is 0 Å². The summed E-state index contributed by atoms with van der Waals surface area (Å²) in [6.45, 7) is 1.40. The smallest absolute Gasteiger partial charge is 0.248 e. The molecular weight excluding hydrogens is 418 g/mol. The number of furan rings is 1. The number of rotatable bonds is 8. The normalized spacial score (nSPS) is 11.4. The molecule has 0 aliphatic carbocycles. The Morgan fingerprint density at radius 3 is 2.19 bits per heavy atom. The van der Waals surface area contributed by atoms with Crippen LogP contribution in [-0.2, 0) is 26.2 Å². The van der Waals surface area contributed by atoms with Crippen molar-refractivity contribution >= 4 is 39.3 Å². The van der Waals surface area contributed by atoms with Crippen LogP contribution in [0.25, 0.3) is 6.08 Å². The minimum atomic E-state index is -3.63. The lowest BCUT2D eigenvalue weighted by Gasteiger charge is -2.05. The van der Waals surface area contributed by atoms with E-state index in [-0.39, 0.29) is 23.3 Å². The molecule has 1 aromatic heterocycles. The highest BCUT2D eigenvalue weighted by molar-refractivity contribution is 7.89. The summed E-state index contributed by atoms with van der Waals surface area (Å²) in [4.78, 5) is 23.3. The molecule has 2 amide bonds. The molecule has 3 aromatic rings. The monoisotopic (exact) mass is 439 g/mol. The first-order chi connectivity index (χ1) is 14.8. The van der Waals surface area contributed by atoms with Crippen LogP contribution in [0.4, 0.5) is 11.4 Å². The van der Waals surface area contributed by atoms with Gasteiger partial charge in [-0.25, -0.2) is 13.1 Å². The van der Waals surface area contributed by atoms with E-state index in [1.807, 2.05) is 0 Å². The van der Waals surface area contributed by atoms with Gasteiger partial charge in [0.05, 0.1) is 11.4 Å². The van der Waals surface area contributed by atoms with Crippen LogP contribution < -0.4 is 15.4 Å². The molecule has 0 saturated heterocycles. The maximum atomic E-state index is 12.2. The van der Waals surface area contributed by atoms with E-state index in [0.29, 0.717) is 22.9 Å². The van der Waals surface area contributed by atoms with Crippen molar-refractivity contribution in [1.82, 2.24) is 4.72 Å². The predicted molar refractivity (Wildman–Crippen MR) is 118 cm³/mol. The quantitative estimate of drug-likeness (QED) is 0.465. The Kier molecular flexibility index (Phi) is 7.01. The van der Waals surface area contributed by atoms with Crippen molar-refractivity contribution in [3.05, 3.63) is 84.3 Å². The van der Waals surface area contributed by atoms with E-state index in [0.717, 1.165) is 0 Å². The first-order valence-electron chi connectivity index (χ1n) is 9.32. The van der Waals surface area contributed by atoms with Gasteiger partial charge in [0.25, 0.3) is 0 Å². The van der Waals surface area contributed by atoms with Gasteiger partial charge in [-0.3, -0.25) is 9.59 Å². The van der Waals surface area contributed by atoms with Crippen molar-refractivity contribution in [3.8, 4) is 0 Å². The Balaban J connectivity index is 1.53. The highest BCUT2D eigenvalue weighted by atomic mass is 32.2. The molecule has 3 N–H and O–H groups in total. The third-order valence-electron chi connectivity index (χ3n) is 4.04. The fraction of sp³-hybridized carbons (Fsp3) is 0.0909. The molecule has 9 heteroatoms. The molecule has 0 unspecified atom stereocenters. The second kappa shape index (κ2) is 9.88. The molecular formula is C22H21N3O5S. The molecule has 8 nitrogen and oxygen atoms in total. The molecule has 160 valence electrons. The van der Waals surface area contributed by atoms with Crippen LogP contribution in [0.2, 0.25) is 0 Å². The number of nitrogens with one attached hydrogen (secondary N) is 3. The molecule has 0 saturated carbocycles. The molecule has 0 radical (unpaired) electrons. The van der Waals surface area contributed by atoms with E-state index in [4.69, 9.17) is 4.42 Å². The number of hydrogen-bond acceptors (Lipinski definition) is 5. The molecule has 0 spiro atoms. The van der Waals surface area contributed by atoms with Crippen LogP contribution in [0.3, 0.4) is 0 Å². The van der Waals surface area contributed by atoms with Gasteiger partial charge in [-0.05, 0) is 54.6 Å². The number of hydrogen-bond donors (Lipinski definition) is 3. The van der Waals surface area contributed by atoms with E-state index in [9.17, 15) is 18.0 Å². The summed E-state index contributed by atoms with van der Waals surface area (Å²) >= 11 is 0. The van der Waals surface area contributed by atoms with E-state index in [2.05, 4.69) is 15.4 Å². The lowest BCUT2D eigenvalue weighted by atomic mass is 10.2. The summed E-state index contributed by atoms with van der Waals surface area (Å²) in [5.74, 6) is 0.276. The molecule has 0 aliphatic heterocycles. The van der Waals surface area contributed by atoms with Crippen LogP contribution in [0, 0.1) is 0 Å². The number of sulfonamides is 1. The fourth-order valence-electron chi connectivity index (χ4n) is 2.61. The standard InChI is InChI=1S/C22H21N3O5S/c1-16(26)24-17-7-9-18(10-8-17)25-22(27)14-13-19-11-12-20(30-19)15-23-31(28,29)21-5-3-2-4-6-21/h2-14,23H,15H2,1H3,(H,24,26)(H,25,27)/b14-13+. The van der Waals surface area contributed by atoms with Crippen LogP contribution >= 0.6 is 0 Å². The topological polar surface area (TPSA) is 118 Å². The zero-order valence-corrected chi connectivity index (χ0v) is 17.5. The average Bonchev–Trinajstić information content (AvgIpc) is 3.21. The zero-order valence-electron chi connectivity index (χ0n) is 16.7. The van der Waals surface area contributed by atoms with Gasteiger partial charge in [0.15, 0.2) is 0 Å². The number of benzene rings is 2. The van der Waals surface area contributed by atoms with Crippen LogP contribution in [-0.4, -0.2) is 20.2 Å². The van der Waals surface area contributed by atoms with Crippen molar-refractivity contribution in [2.24, 2.45) is 0 Å². The van der Waals surface area contributed by atoms with Gasteiger partial charge in [-0.2, -0.15) is 0 Å². The highest BCUT2D eigenvalue weighted by Gasteiger charge is 2.13. The van der Waals surface area contributed by atoms with E-state index < -0.39 is 10.0 Å². The number of anilines is 2. The lowest BCUT2D eigenvalue weighted by Crippen LogP contribution is -2.22. The summed E-state index contributed by atoms with van der Waals surface area (Å²) in [6.07, 6.45) is 2.79. The van der Waals surface area contributed by atoms with Gasteiger partial charge in [-0.1, -0.05) is 18.2 Å². The summed E-state index contributed by atoms with van der Waals surface area (Å²) in [6, 6.07) is 18.0. The Labute approximate surface area is 180 Å². The minimum absolute atomic E-state index is 0.0160. The second-order valence-electron chi connectivity index (χ2n) is 6.52. The molecule has 1 heterocycles. The molecule has 0 aliphatic rings. The van der Waals surface area contributed by atoms with Gasteiger partial charge in [0.1, 0.15) is 11.5 Å². The van der Waals surface area contributed by atoms with Crippen LogP contribution in [0.15, 0.2) is 82.1 Å². The average molecular weight is 439 g/mol. The molecule has 0 atom stereocenters. The third kappa shape index (κ3) is 6.66. The molecule has 3 rings (SSSR count). The van der Waals surface area contributed by atoms with E-state index in [1.165, 1.54) is 31.2 Å². The van der Waals surface area contributed by atoms with Crippen molar-refractivity contribution in [1.29, 1.82) is 0 Å². The maximum Gasteiger partial charge on any atom is 0.248 e. The summed E-state index contributed by atoms with van der Waals surface area (Å²) in [5.41, 5.74) is 1.20. The largest absolute Gasteiger partial charge is 0.460 e. The van der Waals surface area contributed by atoms with Gasteiger partial charge in [0.2, 0.25) is 21.8 Å². The number of carbonyl (C=O) groups is 2. The first-order valence-corrected chi connectivity index (χ1v) is 10.8. The summed E-state index contributed by atoms with van der Waals surface area (Å²) in [5, 5.41) is 5.33. The van der Waals surface area contributed by atoms with Gasteiger partial charge in [0, 0.05) is 24.4 Å². The summed E-state index contributed by atoms with van der Waals surface area (Å²) < 4.78 is 32.5.